The number of hydrogen-bond donors (Lipinski definition) is 3. The number of sulfonamides is 1. The van der Waals surface area contributed by atoms with Crippen molar-refractivity contribution in [2.45, 2.75) is 24.5 Å². The van der Waals surface area contributed by atoms with Crippen LogP contribution in [-0.4, -0.2) is 51.9 Å². The largest absolute Gasteiger partial charge is 0.361 e. The van der Waals surface area contributed by atoms with Crippen LogP contribution >= 0.6 is 15.9 Å². The summed E-state index contributed by atoms with van der Waals surface area (Å²) in [6.45, 7) is 2.34. The number of rotatable bonds is 7. The number of hydrogen-bond acceptors (Lipinski definition) is 8. The SMILES string of the molecule is CC1(S(=O)(=O)N2C=C(CNc3nonc3C(=Nc3ccc(F)c(Br)c3)NO)CC2)C=CC=CC1. The van der Waals surface area contributed by atoms with Crippen molar-refractivity contribution in [2.24, 2.45) is 4.99 Å². The molecule has 3 N–H and O–H groups in total. The van der Waals surface area contributed by atoms with Crippen LogP contribution in [0.4, 0.5) is 15.9 Å². The number of allylic oxidation sites excluding steroid dienone is 3. The van der Waals surface area contributed by atoms with E-state index in [2.05, 4.69) is 36.6 Å². The van der Waals surface area contributed by atoms with Crippen LogP contribution in [0.2, 0.25) is 0 Å². The van der Waals surface area contributed by atoms with E-state index in [1.165, 1.54) is 22.5 Å². The highest BCUT2D eigenvalue weighted by molar-refractivity contribution is 9.10. The molecule has 34 heavy (non-hydrogen) atoms. The van der Waals surface area contributed by atoms with Crippen LogP contribution in [0.5, 0.6) is 0 Å². The Kier molecular flexibility index (Phi) is 6.86. The molecule has 0 saturated carbocycles. The number of halogens is 2. The summed E-state index contributed by atoms with van der Waals surface area (Å²) in [5.41, 5.74) is 3.23. The highest BCUT2D eigenvalue weighted by Gasteiger charge is 2.41. The molecular weight excluding hydrogens is 531 g/mol. The summed E-state index contributed by atoms with van der Waals surface area (Å²) in [5.74, 6) is -0.332. The van der Waals surface area contributed by atoms with E-state index >= 15 is 0 Å². The Morgan fingerprint density at radius 2 is 2.21 bits per heavy atom. The molecule has 1 unspecified atom stereocenters. The zero-order chi connectivity index (χ0) is 24.3. The smallest absolute Gasteiger partial charge is 0.244 e. The Labute approximate surface area is 204 Å². The van der Waals surface area contributed by atoms with Crippen molar-refractivity contribution in [2.75, 3.05) is 18.4 Å². The summed E-state index contributed by atoms with van der Waals surface area (Å²) in [5, 5.41) is 20.2. The van der Waals surface area contributed by atoms with E-state index in [4.69, 9.17) is 4.63 Å². The van der Waals surface area contributed by atoms with Gasteiger partial charge in [0.05, 0.1) is 10.2 Å². The molecule has 13 heteroatoms. The van der Waals surface area contributed by atoms with Gasteiger partial charge < -0.3 is 5.32 Å². The molecule has 1 atom stereocenters. The van der Waals surface area contributed by atoms with Gasteiger partial charge >= 0.3 is 0 Å². The van der Waals surface area contributed by atoms with Gasteiger partial charge in [0.15, 0.2) is 11.5 Å². The molecule has 1 aliphatic carbocycles. The van der Waals surface area contributed by atoms with E-state index in [0.29, 0.717) is 25.1 Å². The lowest BCUT2D eigenvalue weighted by Crippen LogP contribution is -2.42. The third-order valence-electron chi connectivity index (χ3n) is 5.54. The average molecular weight is 553 g/mol. The van der Waals surface area contributed by atoms with E-state index in [0.717, 1.165) is 5.57 Å². The van der Waals surface area contributed by atoms with Crippen LogP contribution in [0.1, 0.15) is 25.5 Å². The quantitative estimate of drug-likeness (QED) is 0.269. The number of hydroxylamine groups is 1. The van der Waals surface area contributed by atoms with Gasteiger partial charge in [-0.25, -0.2) is 22.4 Å². The number of nitrogens with one attached hydrogen (secondary N) is 2. The number of amidine groups is 1. The number of aliphatic imine (C=N–C) groups is 1. The summed E-state index contributed by atoms with van der Waals surface area (Å²) in [4.78, 5) is 4.21. The second-order valence-corrected chi connectivity index (χ2v) is 11.1. The second-order valence-electron chi connectivity index (χ2n) is 7.94. The van der Waals surface area contributed by atoms with Gasteiger partial charge in [-0.3, -0.25) is 15.0 Å². The van der Waals surface area contributed by atoms with E-state index in [9.17, 15) is 18.0 Å². The first kappa shape index (κ1) is 24.1. The van der Waals surface area contributed by atoms with Gasteiger partial charge in [0.1, 0.15) is 10.6 Å². The molecule has 0 fully saturated rings. The lowest BCUT2D eigenvalue weighted by Gasteiger charge is -2.31. The van der Waals surface area contributed by atoms with Crippen molar-refractivity contribution < 1.29 is 22.6 Å². The average Bonchev–Trinajstić information content (AvgIpc) is 3.49. The minimum Gasteiger partial charge on any atom is -0.361 e. The first-order chi connectivity index (χ1) is 16.2. The van der Waals surface area contributed by atoms with E-state index < -0.39 is 20.6 Å². The molecule has 4 rings (SSSR count). The van der Waals surface area contributed by atoms with Crippen molar-refractivity contribution in [1.82, 2.24) is 20.1 Å². The number of aromatic nitrogens is 2. The molecule has 2 heterocycles. The molecule has 2 aliphatic rings. The zero-order valence-corrected chi connectivity index (χ0v) is 20.5. The fourth-order valence-corrected chi connectivity index (χ4v) is 5.63. The summed E-state index contributed by atoms with van der Waals surface area (Å²) in [7, 11) is -3.58. The zero-order valence-electron chi connectivity index (χ0n) is 18.1. The lowest BCUT2D eigenvalue weighted by atomic mass is 10.0. The minimum atomic E-state index is -3.58. The molecule has 0 saturated heterocycles. The van der Waals surface area contributed by atoms with Crippen LogP contribution < -0.4 is 10.8 Å². The third kappa shape index (κ3) is 4.76. The van der Waals surface area contributed by atoms with Crippen molar-refractivity contribution in [3.05, 3.63) is 70.3 Å². The van der Waals surface area contributed by atoms with Crippen molar-refractivity contribution in [3.63, 3.8) is 0 Å². The highest BCUT2D eigenvalue weighted by atomic mass is 79.9. The normalized spacial score (nSPS) is 20.5. The lowest BCUT2D eigenvalue weighted by molar-refractivity contribution is 0.234. The van der Waals surface area contributed by atoms with E-state index in [1.54, 1.807) is 25.3 Å². The molecule has 180 valence electrons. The Morgan fingerprint density at radius 1 is 1.38 bits per heavy atom. The number of benzene rings is 1. The Bertz CT molecular complexity index is 1310. The van der Waals surface area contributed by atoms with Crippen LogP contribution in [0, 0.1) is 5.82 Å². The van der Waals surface area contributed by atoms with E-state index in [-0.39, 0.29) is 28.4 Å². The molecule has 0 bridgehead atoms. The third-order valence-corrected chi connectivity index (χ3v) is 8.54. The van der Waals surface area contributed by atoms with Gasteiger partial charge in [0.2, 0.25) is 15.8 Å². The summed E-state index contributed by atoms with van der Waals surface area (Å²) in [6.07, 6.45) is 9.73. The Balaban J connectivity index is 1.48. The summed E-state index contributed by atoms with van der Waals surface area (Å²) in [6, 6.07) is 4.09. The van der Waals surface area contributed by atoms with Gasteiger partial charge in [-0.1, -0.05) is 24.3 Å². The number of anilines is 1. The van der Waals surface area contributed by atoms with Crippen molar-refractivity contribution in [1.29, 1.82) is 0 Å². The monoisotopic (exact) mass is 552 g/mol. The first-order valence-electron chi connectivity index (χ1n) is 10.3. The van der Waals surface area contributed by atoms with Crippen LogP contribution in [0.15, 0.2) is 68.4 Å². The summed E-state index contributed by atoms with van der Waals surface area (Å²) >= 11 is 3.08. The maximum Gasteiger partial charge on any atom is 0.244 e. The Morgan fingerprint density at radius 3 is 2.91 bits per heavy atom. The van der Waals surface area contributed by atoms with Crippen LogP contribution in [0.25, 0.3) is 0 Å². The fourth-order valence-electron chi connectivity index (χ4n) is 3.55. The van der Waals surface area contributed by atoms with Gasteiger partial charge in [0, 0.05) is 19.3 Å². The number of nitrogens with zero attached hydrogens (tertiary/aromatic N) is 4. The fraction of sp³-hybridized carbons (Fsp3) is 0.286. The van der Waals surface area contributed by atoms with Gasteiger partial charge in [0.25, 0.3) is 0 Å². The van der Waals surface area contributed by atoms with Gasteiger partial charge in [-0.05, 0) is 69.8 Å². The molecule has 0 radical (unpaired) electrons. The maximum atomic E-state index is 13.5. The predicted molar refractivity (Wildman–Crippen MR) is 128 cm³/mol. The molecular formula is C21H22BrFN6O4S. The molecule has 2 aromatic rings. The first-order valence-corrected chi connectivity index (χ1v) is 12.5. The van der Waals surface area contributed by atoms with Crippen LogP contribution in [-0.2, 0) is 10.0 Å². The van der Waals surface area contributed by atoms with Gasteiger partial charge in [-0.2, -0.15) is 0 Å². The molecule has 0 amide bonds. The van der Waals surface area contributed by atoms with E-state index in [1.807, 2.05) is 17.6 Å². The molecule has 1 aromatic carbocycles. The predicted octanol–water partition coefficient (Wildman–Crippen LogP) is 3.63. The topological polar surface area (TPSA) is 133 Å². The second kappa shape index (κ2) is 9.68. The minimum absolute atomic E-state index is 0.0723. The Hall–Kier alpha value is -3.03. The standard InChI is InChI=1S/C21H22BrFN6O4S/c1-21(8-3-2-4-9-21)34(31,32)29-10-7-14(13-29)12-24-19-18(27-33-28-19)20(26-30)25-15-5-6-17(23)16(22)11-15/h2-6,8,11,13,30H,7,9-10,12H2,1H3,(H,24,28)(H,25,26). The molecule has 0 spiro atoms. The van der Waals surface area contributed by atoms with Crippen LogP contribution in [0.3, 0.4) is 0 Å². The highest BCUT2D eigenvalue weighted by Crippen LogP contribution is 2.32. The van der Waals surface area contributed by atoms with Crippen molar-refractivity contribution >= 4 is 43.3 Å². The molecule has 1 aliphatic heterocycles. The van der Waals surface area contributed by atoms with Gasteiger partial charge in [-0.15, -0.1) is 0 Å². The van der Waals surface area contributed by atoms with Crippen molar-refractivity contribution in [3.8, 4) is 0 Å². The maximum absolute atomic E-state index is 13.5. The molecule has 1 aromatic heterocycles. The molecule has 10 nitrogen and oxygen atoms in total. The summed E-state index contributed by atoms with van der Waals surface area (Å²) < 4.78 is 45.2.